The van der Waals surface area contributed by atoms with E-state index in [0.717, 1.165) is 16.2 Å². The zero-order valence-electron chi connectivity index (χ0n) is 15.9. The zero-order valence-corrected chi connectivity index (χ0v) is 17.5. The number of carbonyl (C=O) groups is 4. The van der Waals surface area contributed by atoms with Crippen LogP contribution >= 0.6 is 23.1 Å². The third kappa shape index (κ3) is 4.47. The van der Waals surface area contributed by atoms with Gasteiger partial charge in [0.15, 0.2) is 10.8 Å². The Hall–Kier alpha value is -3.57. The van der Waals surface area contributed by atoms with Gasteiger partial charge in [0.1, 0.15) is 35.5 Å². The average molecular weight is 465 g/mol. The van der Waals surface area contributed by atoms with E-state index < -0.39 is 35.2 Å². The molecule has 3 heterocycles. The first-order chi connectivity index (χ1) is 14.7. The van der Waals surface area contributed by atoms with Crippen LogP contribution < -0.4 is 11.1 Å². The summed E-state index contributed by atoms with van der Waals surface area (Å²) in [7, 11) is 0. The fourth-order valence-corrected chi connectivity index (χ4v) is 4.74. The summed E-state index contributed by atoms with van der Waals surface area (Å²) in [5.41, 5.74) is 5.40. The third-order valence-electron chi connectivity index (χ3n) is 4.16. The van der Waals surface area contributed by atoms with E-state index in [1.807, 2.05) is 0 Å². The van der Waals surface area contributed by atoms with Crippen molar-refractivity contribution in [2.45, 2.75) is 18.3 Å². The predicted octanol–water partition coefficient (Wildman–Crippen LogP) is -0.662. The number of oxime groups is 1. The molecular weight excluding hydrogens is 450 g/mol. The second-order valence-electron chi connectivity index (χ2n) is 6.12. The number of rotatable bonds is 7. The fraction of sp³-hybridized carbons (Fsp3) is 0.294. The molecule has 14 heteroatoms. The van der Waals surface area contributed by atoms with Crippen LogP contribution in [0, 0.1) is 12.5 Å². The summed E-state index contributed by atoms with van der Waals surface area (Å²) in [6.45, 7) is 0.947. The van der Waals surface area contributed by atoms with Gasteiger partial charge in [-0.2, -0.15) is 0 Å². The number of ether oxygens (including phenoxy) is 1. The summed E-state index contributed by atoms with van der Waals surface area (Å²) >= 11 is 2.28. The van der Waals surface area contributed by atoms with Crippen LogP contribution in [-0.4, -0.2) is 68.2 Å². The summed E-state index contributed by atoms with van der Waals surface area (Å²) < 4.78 is 4.87. The number of thiazole rings is 1. The SMILES string of the molecule is C#CON=C(C(=O)NC1C(=O)N2C(C(=O)O)=C(COC(C)=O)CS[C@H]12)c1csc(N)n1. The Morgan fingerprint density at radius 2 is 2.26 bits per heavy atom. The molecule has 3 rings (SSSR count). The van der Waals surface area contributed by atoms with E-state index in [0.29, 0.717) is 0 Å². The molecule has 2 atom stereocenters. The van der Waals surface area contributed by atoms with Gasteiger partial charge < -0.3 is 25.7 Å². The third-order valence-corrected chi connectivity index (χ3v) is 6.17. The van der Waals surface area contributed by atoms with Gasteiger partial charge in [0.25, 0.3) is 11.8 Å². The van der Waals surface area contributed by atoms with Gasteiger partial charge in [-0.25, -0.2) is 9.78 Å². The molecule has 1 aromatic heterocycles. The molecule has 162 valence electrons. The Morgan fingerprint density at radius 1 is 1.52 bits per heavy atom. The summed E-state index contributed by atoms with van der Waals surface area (Å²) in [5.74, 6) is -3.16. The Morgan fingerprint density at radius 3 is 2.84 bits per heavy atom. The maximum absolute atomic E-state index is 12.7. The fourth-order valence-electron chi connectivity index (χ4n) is 2.87. The zero-order chi connectivity index (χ0) is 22.7. The van der Waals surface area contributed by atoms with Gasteiger partial charge in [-0.15, -0.1) is 23.1 Å². The molecule has 2 aliphatic heterocycles. The molecule has 0 aromatic carbocycles. The minimum Gasteiger partial charge on any atom is -0.477 e. The number of hydrogen-bond acceptors (Lipinski definition) is 11. The number of hydrogen-bond donors (Lipinski definition) is 3. The second kappa shape index (κ2) is 9.06. The number of thioether (sulfide) groups is 1. The number of β-lactam (4-membered cyclic amide) rings is 1. The number of terminal acetylenes is 1. The van der Waals surface area contributed by atoms with Crippen LogP contribution in [0.4, 0.5) is 5.13 Å². The lowest BCUT2D eigenvalue weighted by Crippen LogP contribution is -2.71. The Bertz CT molecular complexity index is 1060. The number of nitrogens with zero attached hydrogens (tertiary/aromatic N) is 3. The van der Waals surface area contributed by atoms with Gasteiger partial charge in [0.05, 0.1) is 0 Å². The number of anilines is 1. The first kappa shape index (κ1) is 22.1. The van der Waals surface area contributed by atoms with E-state index in [-0.39, 0.29) is 40.2 Å². The number of carboxylic acids is 1. The van der Waals surface area contributed by atoms with Crippen LogP contribution in [0.25, 0.3) is 0 Å². The molecule has 4 N–H and O–H groups in total. The lowest BCUT2D eigenvalue weighted by Gasteiger charge is -2.49. The number of aliphatic carboxylic acids is 1. The van der Waals surface area contributed by atoms with Crippen molar-refractivity contribution < 1.29 is 33.9 Å². The number of nitrogens with one attached hydrogen (secondary N) is 1. The lowest BCUT2D eigenvalue weighted by atomic mass is 10.0. The van der Waals surface area contributed by atoms with E-state index in [1.165, 1.54) is 24.1 Å². The van der Waals surface area contributed by atoms with Gasteiger partial charge in [0.2, 0.25) is 0 Å². The van der Waals surface area contributed by atoms with Crippen LogP contribution in [0.3, 0.4) is 0 Å². The van der Waals surface area contributed by atoms with E-state index in [4.69, 9.17) is 16.9 Å². The number of aromatic nitrogens is 1. The highest BCUT2D eigenvalue weighted by Crippen LogP contribution is 2.40. The summed E-state index contributed by atoms with van der Waals surface area (Å²) in [5, 5.41) is 16.6. The van der Waals surface area contributed by atoms with Gasteiger partial charge in [-0.05, 0) is 0 Å². The maximum atomic E-state index is 12.7. The van der Waals surface area contributed by atoms with Crippen molar-refractivity contribution in [1.29, 1.82) is 0 Å². The monoisotopic (exact) mass is 465 g/mol. The Balaban J connectivity index is 1.79. The Kier molecular flexibility index (Phi) is 6.47. The Labute approximate surface area is 183 Å². The minimum atomic E-state index is -1.34. The van der Waals surface area contributed by atoms with E-state index in [1.54, 1.807) is 6.11 Å². The van der Waals surface area contributed by atoms with Crippen molar-refractivity contribution in [3.8, 4) is 12.5 Å². The highest BCUT2D eigenvalue weighted by atomic mass is 32.2. The van der Waals surface area contributed by atoms with Crippen molar-refractivity contribution in [1.82, 2.24) is 15.2 Å². The maximum Gasteiger partial charge on any atom is 0.352 e. The number of carboxylic acid groups (broad SMARTS) is 1. The van der Waals surface area contributed by atoms with Crippen LogP contribution in [0.15, 0.2) is 21.8 Å². The van der Waals surface area contributed by atoms with E-state index >= 15 is 0 Å². The normalized spacial score (nSPS) is 20.3. The lowest BCUT2D eigenvalue weighted by molar-refractivity contribution is -0.150. The molecule has 1 saturated heterocycles. The molecule has 0 spiro atoms. The standard InChI is InChI=1S/C17H15N5O7S2/c1-3-29-21-10(9-6-31-17(18)19-9)13(24)20-11-14(25)22-12(16(26)27)8(4-28-7(2)23)5-30-15(11)22/h1,6,11,15H,4-5H2,2H3,(H2,18,19)(H,20,24)(H,26,27)/t11?,15-/m1/s1. The van der Waals surface area contributed by atoms with E-state index in [9.17, 15) is 24.3 Å². The van der Waals surface area contributed by atoms with Gasteiger partial charge in [-0.1, -0.05) is 11.6 Å². The molecule has 31 heavy (non-hydrogen) atoms. The number of esters is 1. The van der Waals surface area contributed by atoms with Crippen LogP contribution in [0.1, 0.15) is 12.6 Å². The predicted molar refractivity (Wildman–Crippen MR) is 109 cm³/mol. The number of amides is 2. The molecule has 1 aromatic rings. The van der Waals surface area contributed by atoms with E-state index in [2.05, 4.69) is 20.3 Å². The second-order valence-corrected chi connectivity index (χ2v) is 8.11. The van der Waals surface area contributed by atoms with Gasteiger partial charge in [-0.3, -0.25) is 19.3 Å². The molecule has 1 fully saturated rings. The molecule has 0 bridgehead atoms. The molecule has 2 amide bonds. The molecule has 0 radical (unpaired) electrons. The van der Waals surface area contributed by atoms with Gasteiger partial charge >= 0.3 is 11.9 Å². The van der Waals surface area contributed by atoms with Crippen molar-refractivity contribution in [3.63, 3.8) is 0 Å². The highest BCUT2D eigenvalue weighted by Gasteiger charge is 2.54. The molecular formula is C17H15N5O7S2. The van der Waals surface area contributed by atoms with Crippen molar-refractivity contribution in [2.75, 3.05) is 18.1 Å². The number of carbonyl (C=O) groups excluding carboxylic acids is 3. The first-order valence-corrected chi connectivity index (χ1v) is 10.4. The minimum absolute atomic E-state index is 0.102. The van der Waals surface area contributed by atoms with Gasteiger partial charge in [0, 0.05) is 23.6 Å². The number of nitrogens with two attached hydrogens (primary N) is 1. The average Bonchev–Trinajstić information content (AvgIpc) is 3.15. The quantitative estimate of drug-likeness (QED) is 0.154. The smallest absolute Gasteiger partial charge is 0.352 e. The number of nitrogen functional groups attached to an aromatic ring is 1. The molecule has 2 aliphatic rings. The number of fused-ring (bicyclic) bond motifs is 1. The van der Waals surface area contributed by atoms with Crippen molar-refractivity contribution >= 4 is 57.7 Å². The first-order valence-electron chi connectivity index (χ1n) is 8.49. The largest absolute Gasteiger partial charge is 0.477 e. The highest BCUT2D eigenvalue weighted by molar-refractivity contribution is 8.00. The van der Waals surface area contributed by atoms with Crippen LogP contribution in [0.5, 0.6) is 0 Å². The summed E-state index contributed by atoms with van der Waals surface area (Å²) in [6, 6.07) is -1.02. The molecule has 1 unspecified atom stereocenters. The molecule has 0 aliphatic carbocycles. The summed E-state index contributed by atoms with van der Waals surface area (Å²) in [4.78, 5) is 57.6. The van der Waals surface area contributed by atoms with Crippen molar-refractivity contribution in [3.05, 3.63) is 22.3 Å². The molecule has 12 nitrogen and oxygen atoms in total. The summed E-state index contributed by atoms with van der Waals surface area (Å²) in [6.07, 6.45) is 6.80. The van der Waals surface area contributed by atoms with Crippen LogP contribution in [0.2, 0.25) is 0 Å². The molecule has 0 saturated carbocycles. The topological polar surface area (TPSA) is 174 Å². The van der Waals surface area contributed by atoms with Crippen molar-refractivity contribution in [2.24, 2.45) is 5.16 Å². The van der Waals surface area contributed by atoms with Crippen LogP contribution in [-0.2, 0) is 28.8 Å².